The summed E-state index contributed by atoms with van der Waals surface area (Å²) in [5.41, 5.74) is 5.85. The third-order valence-electron chi connectivity index (χ3n) is 6.16. The van der Waals surface area contributed by atoms with Gasteiger partial charge in [0.05, 0.1) is 22.5 Å². The Kier molecular flexibility index (Phi) is 6.28. The Bertz CT molecular complexity index is 1730. The summed E-state index contributed by atoms with van der Waals surface area (Å²) in [4.78, 5) is 17.3. The molecule has 2 amide bonds. The van der Waals surface area contributed by atoms with Crippen molar-refractivity contribution in [3.63, 3.8) is 0 Å². The molecule has 194 valence electrons. The lowest BCUT2D eigenvalue weighted by molar-refractivity contribution is 0.262. The smallest absolute Gasteiger partial charge is 0.308 e. The zero-order chi connectivity index (χ0) is 27.1. The van der Waals surface area contributed by atoms with Crippen molar-refractivity contribution in [3.8, 4) is 22.4 Å². The molecule has 3 heterocycles. The molecule has 0 saturated heterocycles. The first-order valence-corrected chi connectivity index (χ1v) is 13.9. The van der Waals surface area contributed by atoms with Crippen LogP contribution in [0, 0.1) is 0 Å². The molecule has 0 fully saturated rings. The SMILES string of the molecule is CC(C)(C)c1cc(NC(=O)Nc2ccc(-c3cnc4cc(-c5ccc(S(C)(=O)=O)cc5)ccn34)cc2)[nH]n1. The molecule has 0 radical (unpaired) electrons. The number of H-pyrrole nitrogens is 1. The highest BCUT2D eigenvalue weighted by Crippen LogP contribution is 2.27. The Morgan fingerprint density at radius 1 is 0.895 bits per heavy atom. The number of aromatic nitrogens is 4. The van der Waals surface area contributed by atoms with Crippen LogP contribution < -0.4 is 10.6 Å². The number of benzene rings is 2. The molecule has 10 heteroatoms. The highest BCUT2D eigenvalue weighted by Gasteiger charge is 2.18. The van der Waals surface area contributed by atoms with Crippen molar-refractivity contribution in [1.29, 1.82) is 0 Å². The molecule has 5 rings (SSSR count). The number of carbonyl (C=O) groups excluding carboxylic acids is 1. The van der Waals surface area contributed by atoms with Crippen LogP contribution in [0.4, 0.5) is 16.3 Å². The quantitative estimate of drug-likeness (QED) is 0.269. The fourth-order valence-electron chi connectivity index (χ4n) is 4.05. The number of rotatable bonds is 5. The number of amides is 2. The number of carbonyl (C=O) groups is 1. The van der Waals surface area contributed by atoms with Crippen molar-refractivity contribution in [2.45, 2.75) is 31.1 Å². The molecule has 9 nitrogen and oxygen atoms in total. The average Bonchev–Trinajstić information content (AvgIpc) is 3.51. The number of imidazole rings is 1. The standard InChI is InChI=1S/C28H28N6O3S/c1-28(2,3)24-16-25(33-32-24)31-27(35)30-21-9-5-19(6-10-21)23-17-29-26-15-20(13-14-34(23)26)18-7-11-22(12-8-18)38(4,36)37/h5-17H,1-4H3,(H3,30,31,32,33,35). The molecule has 0 aliphatic rings. The number of anilines is 2. The van der Waals surface area contributed by atoms with Gasteiger partial charge in [-0.2, -0.15) is 5.10 Å². The first-order chi connectivity index (χ1) is 18.0. The number of aromatic amines is 1. The molecule has 0 unspecified atom stereocenters. The van der Waals surface area contributed by atoms with Gasteiger partial charge in [0, 0.05) is 35.2 Å². The summed E-state index contributed by atoms with van der Waals surface area (Å²) < 4.78 is 25.4. The van der Waals surface area contributed by atoms with Gasteiger partial charge in [-0.15, -0.1) is 0 Å². The number of hydrogen-bond acceptors (Lipinski definition) is 5. The average molecular weight is 529 g/mol. The molecular weight excluding hydrogens is 500 g/mol. The third-order valence-corrected chi connectivity index (χ3v) is 7.29. The predicted molar refractivity (Wildman–Crippen MR) is 149 cm³/mol. The van der Waals surface area contributed by atoms with Crippen LogP contribution in [-0.2, 0) is 15.3 Å². The maximum absolute atomic E-state index is 12.4. The molecular formula is C28H28N6O3S. The molecule has 0 bridgehead atoms. The number of nitrogens with zero attached hydrogens (tertiary/aromatic N) is 3. The molecule has 38 heavy (non-hydrogen) atoms. The van der Waals surface area contributed by atoms with E-state index < -0.39 is 9.84 Å². The van der Waals surface area contributed by atoms with E-state index >= 15 is 0 Å². The van der Waals surface area contributed by atoms with E-state index in [2.05, 4.69) is 46.6 Å². The lowest BCUT2D eigenvalue weighted by Gasteiger charge is -2.13. The van der Waals surface area contributed by atoms with Crippen LogP contribution in [0.2, 0.25) is 0 Å². The Labute approximate surface area is 220 Å². The van der Waals surface area contributed by atoms with Gasteiger partial charge in [-0.25, -0.2) is 18.2 Å². The second-order valence-electron chi connectivity index (χ2n) is 10.2. The van der Waals surface area contributed by atoms with E-state index in [0.29, 0.717) is 11.5 Å². The second kappa shape index (κ2) is 9.46. The van der Waals surface area contributed by atoms with Crippen molar-refractivity contribution in [1.82, 2.24) is 19.6 Å². The van der Waals surface area contributed by atoms with Crippen molar-refractivity contribution in [3.05, 3.63) is 84.8 Å². The Hall–Kier alpha value is -4.44. The minimum absolute atomic E-state index is 0.117. The fraction of sp³-hybridized carbons (Fsp3) is 0.179. The van der Waals surface area contributed by atoms with E-state index in [1.807, 2.05) is 53.1 Å². The van der Waals surface area contributed by atoms with Crippen LogP contribution in [0.3, 0.4) is 0 Å². The van der Waals surface area contributed by atoms with Gasteiger partial charge in [-0.3, -0.25) is 14.8 Å². The van der Waals surface area contributed by atoms with Crippen LogP contribution in [-0.4, -0.2) is 40.3 Å². The summed E-state index contributed by atoms with van der Waals surface area (Å²) in [5, 5.41) is 12.7. The highest BCUT2D eigenvalue weighted by molar-refractivity contribution is 7.90. The zero-order valence-electron chi connectivity index (χ0n) is 21.5. The first kappa shape index (κ1) is 25.2. The highest BCUT2D eigenvalue weighted by atomic mass is 32.2. The van der Waals surface area contributed by atoms with Crippen LogP contribution in [0.1, 0.15) is 26.5 Å². The Morgan fingerprint density at radius 2 is 1.58 bits per heavy atom. The van der Waals surface area contributed by atoms with Gasteiger partial charge >= 0.3 is 6.03 Å². The summed E-state index contributed by atoms with van der Waals surface area (Å²) in [6.45, 7) is 6.16. The molecule has 3 N–H and O–H groups in total. The second-order valence-corrected chi connectivity index (χ2v) is 12.2. The third kappa shape index (κ3) is 5.30. The lowest BCUT2D eigenvalue weighted by Crippen LogP contribution is -2.19. The number of nitrogens with one attached hydrogen (secondary N) is 3. The van der Waals surface area contributed by atoms with Crippen LogP contribution in [0.25, 0.3) is 28.0 Å². The summed E-state index contributed by atoms with van der Waals surface area (Å²) in [7, 11) is -3.24. The topological polar surface area (TPSA) is 121 Å². The molecule has 0 aliphatic heterocycles. The monoisotopic (exact) mass is 528 g/mol. The largest absolute Gasteiger partial charge is 0.324 e. The minimum atomic E-state index is -3.24. The Balaban J connectivity index is 1.29. The van der Waals surface area contributed by atoms with Gasteiger partial charge < -0.3 is 5.32 Å². The van der Waals surface area contributed by atoms with Crippen molar-refractivity contribution < 1.29 is 13.2 Å². The van der Waals surface area contributed by atoms with Gasteiger partial charge in [0.1, 0.15) is 11.5 Å². The molecule has 0 aliphatic carbocycles. The van der Waals surface area contributed by atoms with Crippen molar-refractivity contribution in [2.24, 2.45) is 0 Å². The minimum Gasteiger partial charge on any atom is -0.308 e. The fourth-order valence-corrected chi connectivity index (χ4v) is 4.68. The van der Waals surface area contributed by atoms with Gasteiger partial charge in [0.25, 0.3) is 0 Å². The maximum atomic E-state index is 12.4. The summed E-state index contributed by atoms with van der Waals surface area (Å²) in [5.74, 6) is 0.528. The molecule has 0 atom stereocenters. The summed E-state index contributed by atoms with van der Waals surface area (Å²) >= 11 is 0. The maximum Gasteiger partial charge on any atom is 0.324 e. The van der Waals surface area contributed by atoms with E-state index in [0.717, 1.165) is 33.7 Å². The van der Waals surface area contributed by atoms with Crippen molar-refractivity contribution >= 4 is 33.0 Å². The lowest BCUT2D eigenvalue weighted by atomic mass is 9.92. The normalized spacial score (nSPS) is 12.0. The molecule has 5 aromatic rings. The van der Waals surface area contributed by atoms with Gasteiger partial charge in [0.2, 0.25) is 0 Å². The predicted octanol–water partition coefficient (Wildman–Crippen LogP) is 5.74. The number of urea groups is 1. The van der Waals surface area contributed by atoms with Crippen LogP contribution >= 0.6 is 0 Å². The van der Waals surface area contributed by atoms with E-state index in [9.17, 15) is 13.2 Å². The van der Waals surface area contributed by atoms with E-state index in [1.54, 1.807) is 30.5 Å². The van der Waals surface area contributed by atoms with Crippen molar-refractivity contribution in [2.75, 3.05) is 16.9 Å². The first-order valence-electron chi connectivity index (χ1n) is 12.0. The Morgan fingerprint density at radius 3 is 2.21 bits per heavy atom. The number of sulfone groups is 1. The number of hydrogen-bond donors (Lipinski definition) is 3. The van der Waals surface area contributed by atoms with E-state index in [1.165, 1.54) is 6.26 Å². The number of pyridine rings is 1. The summed E-state index contributed by atoms with van der Waals surface area (Å²) in [6, 6.07) is 19.7. The van der Waals surface area contributed by atoms with Crippen LogP contribution in [0.5, 0.6) is 0 Å². The van der Waals surface area contributed by atoms with E-state index in [-0.39, 0.29) is 16.3 Å². The van der Waals surface area contributed by atoms with Gasteiger partial charge in [0.15, 0.2) is 9.84 Å². The van der Waals surface area contributed by atoms with Gasteiger partial charge in [-0.05, 0) is 47.5 Å². The molecule has 2 aromatic carbocycles. The number of fused-ring (bicyclic) bond motifs is 1. The van der Waals surface area contributed by atoms with Crippen LogP contribution in [0.15, 0.2) is 84.0 Å². The molecule has 0 spiro atoms. The zero-order valence-corrected chi connectivity index (χ0v) is 22.3. The summed E-state index contributed by atoms with van der Waals surface area (Å²) in [6.07, 6.45) is 4.93. The molecule has 0 saturated carbocycles. The van der Waals surface area contributed by atoms with Gasteiger partial charge in [-0.1, -0.05) is 45.0 Å². The molecule has 3 aromatic heterocycles. The van der Waals surface area contributed by atoms with E-state index in [4.69, 9.17) is 0 Å².